The second kappa shape index (κ2) is 78.0. The number of hydrogen-bond donors (Lipinski definition) is 0. The molecule has 41 valence electrons. The minimum atomic E-state index is 0. The van der Waals surface area contributed by atoms with Crippen molar-refractivity contribution < 1.29 is 52.8 Å². The Hall–Kier alpha value is 1.02. The van der Waals surface area contributed by atoms with Crippen molar-refractivity contribution in [1.29, 1.82) is 0 Å². The van der Waals surface area contributed by atoms with E-state index >= 15 is 0 Å². The van der Waals surface area contributed by atoms with Gasteiger partial charge in [0.25, 0.3) is 0 Å². The van der Waals surface area contributed by atoms with E-state index in [1.807, 2.05) is 0 Å². The van der Waals surface area contributed by atoms with E-state index < -0.39 is 0 Å². The van der Waals surface area contributed by atoms with Gasteiger partial charge in [-0.1, -0.05) is 0 Å². The fraction of sp³-hybridized carbons (Fsp3) is 0. The molecule has 0 amide bonds. The standard InChI is InChI=1S/2ClH.Cu.2H2O/h2*1H;;2*1H2/q;;+2;;. The average Bonchev–Trinajstić information content (AvgIpc) is 0. The van der Waals surface area contributed by atoms with Crippen LogP contribution in [0.3, 0.4) is 0 Å². The first-order valence-corrected chi connectivity index (χ1v) is 0. The third kappa shape index (κ3) is 44.0. The van der Waals surface area contributed by atoms with Gasteiger partial charge >= 0.3 is 17.1 Å². The molecular formula is H6Cl2CuO2+2. The van der Waals surface area contributed by atoms with Gasteiger partial charge in [0.05, 0.1) is 0 Å². The molecule has 0 atom stereocenters. The SMILES string of the molecule is [Cl-].[Cl-].[Cu+2].[OH3+].[OH3+]. The maximum Gasteiger partial charge on any atom is 2.00 e. The van der Waals surface area contributed by atoms with Crippen LogP contribution in [0.15, 0.2) is 0 Å². The Morgan fingerprint density at radius 2 is 0.600 bits per heavy atom. The van der Waals surface area contributed by atoms with Crippen molar-refractivity contribution in [1.82, 2.24) is 0 Å². The second-order valence-corrected chi connectivity index (χ2v) is 0. The first-order chi connectivity index (χ1) is 0. The van der Waals surface area contributed by atoms with E-state index in [1.54, 1.807) is 0 Å². The fourth-order valence-electron chi connectivity index (χ4n) is 0. The van der Waals surface area contributed by atoms with E-state index in [-0.39, 0.29) is 52.8 Å². The molecule has 0 aliphatic heterocycles. The second-order valence-electron chi connectivity index (χ2n) is 0. The minimum Gasteiger partial charge on any atom is -1.00 e. The van der Waals surface area contributed by atoms with Crippen LogP contribution in [0.1, 0.15) is 0 Å². The summed E-state index contributed by atoms with van der Waals surface area (Å²) < 4.78 is 0. The normalized spacial score (nSPS) is 0. The summed E-state index contributed by atoms with van der Waals surface area (Å²) in [4.78, 5) is 0. The molecule has 2 nitrogen and oxygen atoms in total. The molecule has 0 heterocycles. The minimum absolute atomic E-state index is 0. The molecule has 0 aromatic heterocycles. The largest absolute Gasteiger partial charge is 2.00 e. The third-order valence-corrected chi connectivity index (χ3v) is 0. The zero-order valence-corrected chi connectivity index (χ0v) is 4.67. The molecule has 6 N–H and O–H groups in total. The number of halogens is 2. The van der Waals surface area contributed by atoms with E-state index in [0.29, 0.717) is 0 Å². The molecule has 0 aliphatic rings. The molecule has 1 radical (unpaired) electrons. The molecule has 0 aliphatic carbocycles. The molecule has 0 saturated heterocycles. The predicted molar refractivity (Wildman–Crippen MR) is 9.74 cm³/mol. The molecule has 0 aromatic rings. The zero-order valence-electron chi connectivity index (χ0n) is 2.21. The maximum absolute atomic E-state index is 0. The van der Waals surface area contributed by atoms with E-state index in [1.165, 1.54) is 0 Å². The van der Waals surface area contributed by atoms with Crippen LogP contribution in [0.2, 0.25) is 0 Å². The van der Waals surface area contributed by atoms with E-state index in [2.05, 4.69) is 0 Å². The zero-order chi connectivity index (χ0) is 0. The Balaban J connectivity index is 0. The Bertz CT molecular complexity index is 7.61. The van der Waals surface area contributed by atoms with Gasteiger partial charge in [0.15, 0.2) is 0 Å². The van der Waals surface area contributed by atoms with Crippen molar-refractivity contribution in [3.8, 4) is 0 Å². The first kappa shape index (κ1) is 146. The van der Waals surface area contributed by atoms with E-state index in [4.69, 9.17) is 0 Å². The monoisotopic (exact) mass is 171 g/mol. The molecule has 0 saturated carbocycles. The summed E-state index contributed by atoms with van der Waals surface area (Å²) in [5.74, 6) is 0. The fourth-order valence-corrected chi connectivity index (χ4v) is 0. The van der Waals surface area contributed by atoms with Crippen LogP contribution in [0.25, 0.3) is 0 Å². The van der Waals surface area contributed by atoms with Gasteiger partial charge in [0, 0.05) is 0 Å². The molecule has 0 bridgehead atoms. The molecule has 0 aromatic carbocycles. The maximum atomic E-state index is 0. The summed E-state index contributed by atoms with van der Waals surface area (Å²) in [6.45, 7) is 0. The Labute approximate surface area is 53.2 Å². The van der Waals surface area contributed by atoms with Crippen LogP contribution in [0.4, 0.5) is 0 Å². The summed E-state index contributed by atoms with van der Waals surface area (Å²) in [6.07, 6.45) is 0. The van der Waals surface area contributed by atoms with Gasteiger partial charge < -0.3 is 35.8 Å². The van der Waals surface area contributed by atoms with Gasteiger partial charge in [0.1, 0.15) is 0 Å². The van der Waals surface area contributed by atoms with E-state index in [9.17, 15) is 0 Å². The van der Waals surface area contributed by atoms with Crippen molar-refractivity contribution in [2.45, 2.75) is 0 Å². The summed E-state index contributed by atoms with van der Waals surface area (Å²) in [6, 6.07) is 0. The first-order valence-electron chi connectivity index (χ1n) is 0. The van der Waals surface area contributed by atoms with Crippen LogP contribution < -0.4 is 24.8 Å². The summed E-state index contributed by atoms with van der Waals surface area (Å²) in [7, 11) is 0. The van der Waals surface area contributed by atoms with Crippen molar-refractivity contribution in [2.24, 2.45) is 0 Å². The summed E-state index contributed by atoms with van der Waals surface area (Å²) >= 11 is 0. The quantitative estimate of drug-likeness (QED) is 0.257. The number of rotatable bonds is 0. The molecule has 5 heteroatoms. The smallest absolute Gasteiger partial charge is 1.00 e. The summed E-state index contributed by atoms with van der Waals surface area (Å²) in [5, 5.41) is 0. The van der Waals surface area contributed by atoms with Gasteiger partial charge in [-0.05, 0) is 0 Å². The molecule has 0 unspecified atom stereocenters. The van der Waals surface area contributed by atoms with Gasteiger partial charge in [-0.25, -0.2) is 0 Å². The van der Waals surface area contributed by atoms with Crippen LogP contribution in [-0.4, -0.2) is 0 Å². The Morgan fingerprint density at radius 3 is 0.600 bits per heavy atom. The third-order valence-electron chi connectivity index (χ3n) is 0. The van der Waals surface area contributed by atoms with Gasteiger partial charge in [0.2, 0.25) is 0 Å². The molecule has 0 spiro atoms. The Morgan fingerprint density at radius 1 is 0.600 bits per heavy atom. The van der Waals surface area contributed by atoms with Crippen LogP contribution in [-0.2, 0) is 28.0 Å². The van der Waals surface area contributed by atoms with Crippen LogP contribution >= 0.6 is 0 Å². The van der Waals surface area contributed by atoms with Crippen LogP contribution in [0.5, 0.6) is 0 Å². The van der Waals surface area contributed by atoms with Crippen molar-refractivity contribution in [3.05, 3.63) is 0 Å². The van der Waals surface area contributed by atoms with Crippen molar-refractivity contribution in [2.75, 3.05) is 0 Å². The predicted octanol–water partition coefficient (Wildman–Crippen LogP) is -7.84. The van der Waals surface area contributed by atoms with E-state index in [0.717, 1.165) is 0 Å². The van der Waals surface area contributed by atoms with Crippen LogP contribution in [0, 0.1) is 0 Å². The Kier molecular flexibility index (Phi) is 2280. The van der Waals surface area contributed by atoms with Gasteiger partial charge in [-0.2, -0.15) is 0 Å². The van der Waals surface area contributed by atoms with Gasteiger partial charge in [-0.15, -0.1) is 0 Å². The number of hydrogen-bond acceptors (Lipinski definition) is 0. The van der Waals surface area contributed by atoms with Crippen molar-refractivity contribution in [3.63, 3.8) is 0 Å². The molecule has 5 heavy (non-hydrogen) atoms. The molecule has 0 fully saturated rings. The average molecular weight is 172 g/mol. The van der Waals surface area contributed by atoms with Gasteiger partial charge in [-0.3, -0.25) is 0 Å². The molecule has 0 rings (SSSR count). The molecular weight excluding hydrogens is 166 g/mol. The van der Waals surface area contributed by atoms with Crippen molar-refractivity contribution >= 4 is 0 Å². The summed E-state index contributed by atoms with van der Waals surface area (Å²) in [5.41, 5.74) is 0. The topological polar surface area (TPSA) is 66.0 Å².